The van der Waals surface area contributed by atoms with Gasteiger partial charge in [0.25, 0.3) is 0 Å². The summed E-state index contributed by atoms with van der Waals surface area (Å²) in [7, 11) is -2.09. The Morgan fingerprint density at radius 2 is 1.21 bits per heavy atom. The molecule has 3 aromatic rings. The van der Waals surface area contributed by atoms with Gasteiger partial charge >= 0.3 is 11.2 Å². The fraction of sp³-hybridized carbons (Fsp3) is 0.0952. The number of benzene rings is 3. The Balaban J connectivity index is 2.43. The van der Waals surface area contributed by atoms with E-state index in [9.17, 15) is 9.32 Å². The van der Waals surface area contributed by atoms with Gasteiger partial charge in [-0.15, -0.1) is 0 Å². The van der Waals surface area contributed by atoms with Crippen LogP contribution in [0.2, 0.25) is 0 Å². The van der Waals surface area contributed by atoms with Crippen LogP contribution in [0.1, 0.15) is 0 Å². The summed E-state index contributed by atoms with van der Waals surface area (Å²) in [4.78, 5) is 15.6. The van der Waals surface area contributed by atoms with E-state index in [1.807, 2.05) is 0 Å². The highest BCUT2D eigenvalue weighted by Gasteiger charge is 2.60. The van der Waals surface area contributed by atoms with Gasteiger partial charge in [0.15, 0.2) is 0 Å². The molecule has 0 heterocycles. The van der Waals surface area contributed by atoms with E-state index >= 15 is 8.78 Å². The fourth-order valence-electron chi connectivity index (χ4n) is 3.05. The molecule has 0 fully saturated rings. The number of rotatable bonds is 6. The van der Waals surface area contributed by atoms with Crippen LogP contribution in [0.15, 0.2) is 99.6 Å². The van der Waals surface area contributed by atoms with Gasteiger partial charge in [0.05, 0.1) is 7.11 Å². The standard InChI is InChI=1S/C21H17F3O3S/c1-26-16-12-14-19(15-13-16)28(17-8-4-2-5-9-17,18-10-6-3-7-11-18)21(22,23)20(25)27-24/h2-15H,1H3. The molecule has 3 aromatic carbocycles. The summed E-state index contributed by atoms with van der Waals surface area (Å²) in [5.74, 6) is -1.76. The molecule has 0 aliphatic heterocycles. The first kappa shape index (κ1) is 19.8. The average molecular weight is 406 g/mol. The number of halogens is 3. The highest BCUT2D eigenvalue weighted by Crippen LogP contribution is 2.77. The van der Waals surface area contributed by atoms with E-state index in [4.69, 9.17) is 4.74 Å². The lowest BCUT2D eigenvalue weighted by Gasteiger charge is -2.44. The molecule has 0 atom stereocenters. The Kier molecular flexibility index (Phi) is 5.65. The first-order valence-corrected chi connectivity index (χ1v) is 9.90. The molecule has 28 heavy (non-hydrogen) atoms. The SMILES string of the molecule is COc1ccc(S(c2ccccc2)(c2ccccc2)C(F)(F)C(=O)OF)cc1. The van der Waals surface area contributed by atoms with Crippen molar-refractivity contribution in [3.8, 4) is 5.75 Å². The molecule has 0 N–H and O–H groups in total. The second-order valence-corrected chi connectivity index (χ2v) is 8.95. The summed E-state index contributed by atoms with van der Waals surface area (Å²) in [5, 5.41) is -4.17. The smallest absolute Gasteiger partial charge is 0.427 e. The maximum Gasteiger partial charge on any atom is 0.427 e. The predicted octanol–water partition coefficient (Wildman–Crippen LogP) is 6.00. The second kappa shape index (κ2) is 7.98. The van der Waals surface area contributed by atoms with Crippen LogP contribution in [0.3, 0.4) is 0 Å². The minimum atomic E-state index is -4.17. The lowest BCUT2D eigenvalue weighted by atomic mass is 10.3. The Bertz CT molecular complexity index is 893. The summed E-state index contributed by atoms with van der Waals surface area (Å²) in [5.41, 5.74) is 0. The minimum absolute atomic E-state index is 0.168. The number of alkyl halides is 2. The molecule has 3 nitrogen and oxygen atoms in total. The Labute approximate surface area is 161 Å². The van der Waals surface area contributed by atoms with Crippen LogP contribution in [0, 0.1) is 0 Å². The molecule has 146 valence electrons. The molecule has 0 amide bonds. The maximum atomic E-state index is 15.7. The maximum absolute atomic E-state index is 15.7. The monoisotopic (exact) mass is 406 g/mol. The third kappa shape index (κ3) is 3.11. The van der Waals surface area contributed by atoms with Gasteiger partial charge in [-0.2, -0.15) is 8.78 Å². The molecule has 0 radical (unpaired) electrons. The van der Waals surface area contributed by atoms with Crippen molar-refractivity contribution in [1.29, 1.82) is 0 Å². The fourth-order valence-corrected chi connectivity index (χ4v) is 6.71. The largest absolute Gasteiger partial charge is 0.497 e. The zero-order valence-corrected chi connectivity index (χ0v) is 15.7. The number of ether oxygens (including phenoxy) is 1. The van der Waals surface area contributed by atoms with Crippen molar-refractivity contribution < 1.29 is 27.8 Å². The number of hydrogen-bond donors (Lipinski definition) is 0. The van der Waals surface area contributed by atoms with Crippen LogP contribution in [0.5, 0.6) is 5.75 Å². The van der Waals surface area contributed by atoms with Crippen molar-refractivity contribution in [2.45, 2.75) is 19.9 Å². The molecule has 0 saturated heterocycles. The Morgan fingerprint density at radius 3 is 1.61 bits per heavy atom. The molecule has 0 aliphatic rings. The van der Waals surface area contributed by atoms with Crippen LogP contribution < -0.4 is 4.74 Å². The van der Waals surface area contributed by atoms with Gasteiger partial charge in [0.2, 0.25) is 0 Å². The van der Waals surface area contributed by atoms with Crippen molar-refractivity contribution >= 4 is 16.0 Å². The van der Waals surface area contributed by atoms with Gasteiger partial charge in [0.1, 0.15) is 5.75 Å². The van der Waals surface area contributed by atoms with Crippen molar-refractivity contribution in [2.75, 3.05) is 7.11 Å². The van der Waals surface area contributed by atoms with E-state index in [-0.39, 0.29) is 14.7 Å². The zero-order valence-electron chi connectivity index (χ0n) is 14.8. The number of carbonyl (C=O) groups excluding carboxylic acids is 1. The average Bonchev–Trinajstić information content (AvgIpc) is 2.75. The van der Waals surface area contributed by atoms with Gasteiger partial charge in [-0.05, 0) is 48.5 Å². The number of methoxy groups -OCH3 is 1. The second-order valence-electron chi connectivity index (χ2n) is 5.80. The predicted molar refractivity (Wildman–Crippen MR) is 100 cm³/mol. The third-order valence-electron chi connectivity index (χ3n) is 4.30. The van der Waals surface area contributed by atoms with Crippen LogP contribution >= 0.6 is 10.0 Å². The number of hydrogen-bond acceptors (Lipinski definition) is 3. The Morgan fingerprint density at radius 1 is 0.786 bits per heavy atom. The topological polar surface area (TPSA) is 35.5 Å². The van der Waals surface area contributed by atoms with E-state index < -0.39 is 21.3 Å². The summed E-state index contributed by atoms with van der Waals surface area (Å²) in [6, 6.07) is 21.8. The molecule has 0 aromatic heterocycles. The zero-order chi connectivity index (χ0) is 20.2. The van der Waals surface area contributed by atoms with Gasteiger partial charge in [-0.25, -0.2) is 9.74 Å². The third-order valence-corrected chi connectivity index (χ3v) is 8.17. The van der Waals surface area contributed by atoms with Gasteiger partial charge < -0.3 is 4.74 Å². The summed E-state index contributed by atoms with van der Waals surface area (Å²) >= 11 is 0. The van der Waals surface area contributed by atoms with Crippen LogP contribution in [-0.4, -0.2) is 18.3 Å². The van der Waals surface area contributed by atoms with Gasteiger partial charge in [0, 0.05) is 19.2 Å². The Hall–Kier alpha value is -2.93. The van der Waals surface area contributed by atoms with Crippen LogP contribution in [0.25, 0.3) is 0 Å². The van der Waals surface area contributed by atoms with Crippen molar-refractivity contribution in [3.05, 3.63) is 84.9 Å². The molecule has 3 rings (SSSR count). The molecule has 0 aliphatic carbocycles. The van der Waals surface area contributed by atoms with Crippen molar-refractivity contribution in [3.63, 3.8) is 0 Å². The van der Waals surface area contributed by atoms with Crippen LogP contribution in [0.4, 0.5) is 13.3 Å². The molecule has 0 unspecified atom stereocenters. The molecular weight excluding hydrogens is 389 g/mol. The first-order valence-electron chi connectivity index (χ1n) is 8.26. The lowest BCUT2D eigenvalue weighted by molar-refractivity contribution is -0.200. The van der Waals surface area contributed by atoms with Crippen LogP contribution in [-0.2, 0) is 9.74 Å². The molecular formula is C21H17F3O3S. The summed E-state index contributed by atoms with van der Waals surface area (Å²) < 4.78 is 49.2. The summed E-state index contributed by atoms with van der Waals surface area (Å²) in [6.07, 6.45) is 0. The van der Waals surface area contributed by atoms with E-state index in [1.165, 1.54) is 55.6 Å². The molecule has 0 spiro atoms. The van der Waals surface area contributed by atoms with Gasteiger partial charge in [-0.1, -0.05) is 46.4 Å². The van der Waals surface area contributed by atoms with Crippen molar-refractivity contribution in [1.82, 2.24) is 0 Å². The highest BCUT2D eigenvalue weighted by molar-refractivity contribution is 8.35. The molecule has 0 saturated carbocycles. The quantitative estimate of drug-likeness (QED) is 0.504. The lowest BCUT2D eigenvalue weighted by Crippen LogP contribution is -2.36. The highest BCUT2D eigenvalue weighted by atomic mass is 32.3. The molecule has 0 bridgehead atoms. The summed E-state index contributed by atoms with van der Waals surface area (Å²) in [6.45, 7) is 0. The molecule has 7 heteroatoms. The number of carbonyl (C=O) groups is 1. The van der Waals surface area contributed by atoms with E-state index in [0.717, 1.165) is 0 Å². The van der Waals surface area contributed by atoms with Gasteiger partial charge in [-0.3, -0.25) is 0 Å². The first-order chi connectivity index (χ1) is 13.5. The van der Waals surface area contributed by atoms with E-state index in [1.54, 1.807) is 36.4 Å². The van der Waals surface area contributed by atoms with E-state index in [2.05, 4.69) is 4.94 Å². The minimum Gasteiger partial charge on any atom is -0.497 e. The van der Waals surface area contributed by atoms with E-state index in [0.29, 0.717) is 5.75 Å². The normalized spacial score (nSPS) is 12.3. The van der Waals surface area contributed by atoms with Crippen molar-refractivity contribution in [2.24, 2.45) is 0 Å².